The Balaban J connectivity index is 2.19. The minimum atomic E-state index is -0.796. The topological polar surface area (TPSA) is 55.2 Å². The van der Waals surface area contributed by atoms with Crippen molar-refractivity contribution in [3.63, 3.8) is 0 Å². The lowest BCUT2D eigenvalue weighted by atomic mass is 10.2. The maximum absolute atomic E-state index is 13.3. The van der Waals surface area contributed by atoms with E-state index in [-0.39, 0.29) is 22.4 Å². The van der Waals surface area contributed by atoms with Gasteiger partial charge in [-0.05, 0) is 24.4 Å². The molecule has 0 spiro atoms. The molecule has 7 heteroatoms. The Kier molecular flexibility index (Phi) is 4.57. The minimum absolute atomic E-state index is 0.0334. The highest BCUT2D eigenvalue weighted by Crippen LogP contribution is 2.31. The first kappa shape index (κ1) is 14.7. The van der Waals surface area contributed by atoms with E-state index in [1.54, 1.807) is 11.3 Å². The molecule has 0 amide bonds. The summed E-state index contributed by atoms with van der Waals surface area (Å²) in [5.41, 5.74) is -0.0876. The number of hydrogen-bond donors (Lipinski definition) is 1. The van der Waals surface area contributed by atoms with Crippen LogP contribution in [0.25, 0.3) is 0 Å². The predicted octanol–water partition coefficient (Wildman–Crippen LogP) is 4.49. The lowest BCUT2D eigenvalue weighted by Crippen LogP contribution is -2.18. The average Bonchev–Trinajstić information content (AvgIpc) is 2.85. The van der Waals surface area contributed by atoms with Gasteiger partial charge in [0.1, 0.15) is 11.5 Å². The molecule has 20 heavy (non-hydrogen) atoms. The van der Waals surface area contributed by atoms with Gasteiger partial charge in [0.2, 0.25) is 0 Å². The van der Waals surface area contributed by atoms with Crippen LogP contribution >= 0.6 is 22.9 Å². The maximum Gasteiger partial charge on any atom is 0.295 e. The van der Waals surface area contributed by atoms with Gasteiger partial charge in [0.15, 0.2) is 0 Å². The number of anilines is 1. The van der Waals surface area contributed by atoms with E-state index < -0.39 is 10.7 Å². The molecule has 2 aromatic rings. The largest absolute Gasteiger partial charge is 0.377 e. The summed E-state index contributed by atoms with van der Waals surface area (Å²) in [5.74, 6) is -0.796. The summed E-state index contributed by atoms with van der Waals surface area (Å²) in [5, 5.41) is 15.8. The third-order valence-corrected chi connectivity index (χ3v) is 3.91. The highest BCUT2D eigenvalue weighted by atomic mass is 35.5. The molecule has 0 fully saturated rings. The van der Waals surface area contributed by atoms with E-state index in [1.807, 2.05) is 24.4 Å². The number of nitro groups is 1. The van der Waals surface area contributed by atoms with Crippen LogP contribution in [0.15, 0.2) is 29.6 Å². The van der Waals surface area contributed by atoms with Gasteiger partial charge < -0.3 is 5.32 Å². The number of benzene rings is 1. The normalized spacial score (nSPS) is 12.2. The molecular formula is C13H12ClFN2O2S. The van der Waals surface area contributed by atoms with Gasteiger partial charge in [-0.25, -0.2) is 4.39 Å². The van der Waals surface area contributed by atoms with Gasteiger partial charge in [-0.3, -0.25) is 10.1 Å². The fraction of sp³-hybridized carbons (Fsp3) is 0.231. The number of hydrogen-bond acceptors (Lipinski definition) is 4. The second kappa shape index (κ2) is 6.19. The van der Waals surface area contributed by atoms with Crippen LogP contribution in [0.3, 0.4) is 0 Å². The lowest BCUT2D eigenvalue weighted by Gasteiger charge is -2.15. The van der Waals surface area contributed by atoms with Crippen LogP contribution in [0, 0.1) is 15.9 Å². The second-order valence-electron chi connectivity index (χ2n) is 4.37. The fourth-order valence-corrected chi connectivity index (χ4v) is 2.85. The molecule has 1 aromatic heterocycles. The van der Waals surface area contributed by atoms with E-state index in [0.29, 0.717) is 0 Å². The Hall–Kier alpha value is -1.66. The average molecular weight is 315 g/mol. The van der Waals surface area contributed by atoms with Crippen molar-refractivity contribution in [2.24, 2.45) is 0 Å². The Labute approximate surface area is 124 Å². The van der Waals surface area contributed by atoms with E-state index in [2.05, 4.69) is 5.32 Å². The number of thiophene rings is 1. The van der Waals surface area contributed by atoms with Crippen LogP contribution in [0.1, 0.15) is 11.8 Å². The van der Waals surface area contributed by atoms with Gasteiger partial charge in [0.25, 0.3) is 5.69 Å². The lowest BCUT2D eigenvalue weighted by molar-refractivity contribution is -0.384. The van der Waals surface area contributed by atoms with Crippen LogP contribution in [0.4, 0.5) is 15.8 Å². The molecule has 4 nitrogen and oxygen atoms in total. The van der Waals surface area contributed by atoms with E-state index in [9.17, 15) is 14.5 Å². The van der Waals surface area contributed by atoms with Gasteiger partial charge in [-0.1, -0.05) is 17.7 Å². The number of rotatable bonds is 5. The summed E-state index contributed by atoms with van der Waals surface area (Å²) < 4.78 is 13.3. The van der Waals surface area contributed by atoms with Crippen molar-refractivity contribution in [2.45, 2.75) is 19.4 Å². The first-order valence-electron chi connectivity index (χ1n) is 5.89. The Morgan fingerprint density at radius 3 is 2.90 bits per heavy atom. The standard InChI is InChI=1S/C13H12ClFN2O2S/c1-8(5-9-3-2-4-20-9)16-12-6-10(14)11(15)7-13(12)17(18)19/h2-4,6-8,16H,5H2,1H3. The van der Waals surface area contributed by atoms with Crippen LogP contribution in [-0.2, 0) is 6.42 Å². The second-order valence-corrected chi connectivity index (χ2v) is 5.81. The summed E-state index contributed by atoms with van der Waals surface area (Å²) in [6.07, 6.45) is 0.726. The Morgan fingerprint density at radius 1 is 1.55 bits per heavy atom. The molecule has 0 radical (unpaired) electrons. The van der Waals surface area contributed by atoms with E-state index in [0.717, 1.165) is 12.5 Å². The third-order valence-electron chi connectivity index (χ3n) is 2.72. The Bertz CT molecular complexity index is 619. The Morgan fingerprint density at radius 2 is 2.30 bits per heavy atom. The van der Waals surface area contributed by atoms with Crippen molar-refractivity contribution in [2.75, 3.05) is 5.32 Å². The van der Waals surface area contributed by atoms with Crippen LogP contribution < -0.4 is 5.32 Å². The minimum Gasteiger partial charge on any atom is -0.377 e. The van der Waals surface area contributed by atoms with E-state index >= 15 is 0 Å². The van der Waals surface area contributed by atoms with Crippen LogP contribution in [-0.4, -0.2) is 11.0 Å². The molecule has 0 aliphatic rings. The molecule has 0 saturated carbocycles. The smallest absolute Gasteiger partial charge is 0.295 e. The van der Waals surface area contributed by atoms with Gasteiger partial charge >= 0.3 is 0 Å². The van der Waals surface area contributed by atoms with Gasteiger partial charge in [0.05, 0.1) is 16.0 Å². The van der Waals surface area contributed by atoms with Gasteiger partial charge in [-0.2, -0.15) is 0 Å². The number of nitrogens with zero attached hydrogens (tertiary/aromatic N) is 1. The van der Waals surface area contributed by atoms with E-state index in [4.69, 9.17) is 11.6 Å². The molecule has 106 valence electrons. The molecule has 0 bridgehead atoms. The van der Waals surface area contributed by atoms with Crippen molar-refractivity contribution >= 4 is 34.3 Å². The van der Waals surface area contributed by atoms with Crippen LogP contribution in [0.5, 0.6) is 0 Å². The predicted molar refractivity (Wildman–Crippen MR) is 79.2 cm³/mol. The van der Waals surface area contributed by atoms with Crippen molar-refractivity contribution in [1.82, 2.24) is 0 Å². The van der Waals surface area contributed by atoms with Crippen molar-refractivity contribution in [3.8, 4) is 0 Å². The SMILES string of the molecule is CC(Cc1cccs1)Nc1cc(Cl)c(F)cc1[N+](=O)[O-]. The molecule has 0 aliphatic carbocycles. The summed E-state index contributed by atoms with van der Waals surface area (Å²) >= 11 is 7.30. The van der Waals surface area contributed by atoms with Gasteiger partial charge in [0, 0.05) is 17.3 Å². The first-order valence-corrected chi connectivity index (χ1v) is 7.15. The molecule has 2 rings (SSSR count). The highest BCUT2D eigenvalue weighted by molar-refractivity contribution is 7.09. The van der Waals surface area contributed by atoms with E-state index in [1.165, 1.54) is 10.9 Å². The molecule has 0 aliphatic heterocycles. The summed E-state index contributed by atoms with van der Waals surface area (Å²) in [4.78, 5) is 11.5. The quantitative estimate of drug-likeness (QED) is 0.653. The molecule has 1 aromatic carbocycles. The van der Waals surface area contributed by atoms with Crippen molar-refractivity contribution < 1.29 is 9.31 Å². The summed E-state index contributed by atoms with van der Waals surface area (Å²) in [7, 11) is 0. The highest BCUT2D eigenvalue weighted by Gasteiger charge is 2.19. The number of nitro benzene ring substituents is 1. The summed E-state index contributed by atoms with van der Waals surface area (Å²) in [6, 6.07) is 6.00. The number of nitrogens with one attached hydrogen (secondary N) is 1. The van der Waals surface area contributed by atoms with Gasteiger partial charge in [-0.15, -0.1) is 11.3 Å². The zero-order chi connectivity index (χ0) is 14.7. The zero-order valence-electron chi connectivity index (χ0n) is 10.6. The fourth-order valence-electron chi connectivity index (χ4n) is 1.85. The molecule has 1 atom stereocenters. The van der Waals surface area contributed by atoms with Crippen molar-refractivity contribution in [1.29, 1.82) is 0 Å². The first-order chi connectivity index (χ1) is 9.47. The molecule has 0 saturated heterocycles. The molecule has 1 heterocycles. The molecule has 1 N–H and O–H groups in total. The number of halogens is 2. The summed E-state index contributed by atoms with van der Waals surface area (Å²) in [6.45, 7) is 1.90. The van der Waals surface area contributed by atoms with Crippen LogP contribution in [0.2, 0.25) is 5.02 Å². The van der Waals surface area contributed by atoms with Crippen molar-refractivity contribution in [3.05, 3.63) is 55.5 Å². The monoisotopic (exact) mass is 314 g/mol. The molecular weight excluding hydrogens is 303 g/mol. The third kappa shape index (κ3) is 3.46. The maximum atomic E-state index is 13.3. The zero-order valence-corrected chi connectivity index (χ0v) is 12.2. The molecule has 1 unspecified atom stereocenters.